The maximum absolute atomic E-state index is 11.8. The molecule has 0 spiro atoms. The number of hydrogen-bond donors (Lipinski definition) is 2. The van der Waals surface area contributed by atoms with E-state index in [4.69, 9.17) is 5.11 Å². The van der Waals surface area contributed by atoms with Crippen molar-refractivity contribution in [2.75, 3.05) is 26.7 Å². The number of carboxylic acid groups (broad SMARTS) is 1. The van der Waals surface area contributed by atoms with E-state index < -0.39 is 5.97 Å². The van der Waals surface area contributed by atoms with Crippen LogP contribution in [0.25, 0.3) is 0 Å². The minimum atomic E-state index is -0.728. The Kier molecular flexibility index (Phi) is 6.72. The summed E-state index contributed by atoms with van der Waals surface area (Å²) in [6.07, 6.45) is 4.79. The van der Waals surface area contributed by atoms with Crippen molar-refractivity contribution in [3.63, 3.8) is 0 Å². The third kappa shape index (κ3) is 6.00. The first-order chi connectivity index (χ1) is 8.59. The van der Waals surface area contributed by atoms with Gasteiger partial charge in [-0.05, 0) is 32.9 Å². The molecule has 1 heterocycles. The van der Waals surface area contributed by atoms with Gasteiger partial charge in [-0.3, -0.25) is 9.59 Å². The molecular formula is C13H24N2O3. The fourth-order valence-corrected chi connectivity index (χ4v) is 2.26. The molecule has 104 valence electrons. The van der Waals surface area contributed by atoms with E-state index in [0.29, 0.717) is 6.54 Å². The number of nitrogens with zero attached hydrogens (tertiary/aromatic N) is 1. The number of carbonyl (C=O) groups excluding carboxylic acids is 1. The summed E-state index contributed by atoms with van der Waals surface area (Å²) in [5.41, 5.74) is 0. The van der Waals surface area contributed by atoms with E-state index in [2.05, 4.69) is 10.2 Å². The van der Waals surface area contributed by atoms with Crippen LogP contribution in [-0.2, 0) is 9.59 Å². The van der Waals surface area contributed by atoms with Crippen LogP contribution < -0.4 is 5.32 Å². The lowest BCUT2D eigenvalue weighted by Crippen LogP contribution is -2.32. The van der Waals surface area contributed by atoms with Gasteiger partial charge >= 0.3 is 5.97 Å². The Hall–Kier alpha value is -1.10. The molecule has 2 N–H and O–H groups in total. The summed E-state index contributed by atoms with van der Waals surface area (Å²) in [6.45, 7) is 2.59. The summed E-state index contributed by atoms with van der Waals surface area (Å²) in [7, 11) is 2.04. The van der Waals surface area contributed by atoms with E-state index in [9.17, 15) is 9.59 Å². The fourth-order valence-electron chi connectivity index (χ4n) is 2.26. The van der Waals surface area contributed by atoms with Crippen molar-refractivity contribution in [2.24, 2.45) is 5.92 Å². The van der Waals surface area contributed by atoms with Crippen LogP contribution in [0, 0.1) is 5.92 Å². The molecule has 0 aliphatic carbocycles. The van der Waals surface area contributed by atoms with Gasteiger partial charge in [-0.25, -0.2) is 0 Å². The number of carboxylic acids is 1. The Morgan fingerprint density at radius 1 is 1.28 bits per heavy atom. The zero-order valence-corrected chi connectivity index (χ0v) is 11.2. The molecule has 1 aliphatic rings. The number of rotatable bonds is 8. The van der Waals surface area contributed by atoms with Crippen molar-refractivity contribution in [1.82, 2.24) is 10.2 Å². The van der Waals surface area contributed by atoms with Gasteiger partial charge in [0, 0.05) is 19.5 Å². The molecular weight excluding hydrogens is 232 g/mol. The van der Waals surface area contributed by atoms with Gasteiger partial charge < -0.3 is 15.3 Å². The normalized spacial score (nSPS) is 19.9. The van der Waals surface area contributed by atoms with E-state index in [1.54, 1.807) is 0 Å². The monoisotopic (exact) mass is 256 g/mol. The summed E-state index contributed by atoms with van der Waals surface area (Å²) in [4.78, 5) is 24.2. The largest absolute Gasteiger partial charge is 0.481 e. The molecule has 5 nitrogen and oxygen atoms in total. The van der Waals surface area contributed by atoms with E-state index >= 15 is 0 Å². The van der Waals surface area contributed by atoms with Gasteiger partial charge in [-0.2, -0.15) is 0 Å². The molecule has 5 heteroatoms. The summed E-state index contributed by atoms with van der Waals surface area (Å²) < 4.78 is 0. The van der Waals surface area contributed by atoms with Gasteiger partial charge in [-0.15, -0.1) is 0 Å². The van der Waals surface area contributed by atoms with E-state index in [1.165, 1.54) is 0 Å². The zero-order valence-electron chi connectivity index (χ0n) is 11.2. The van der Waals surface area contributed by atoms with Crippen molar-refractivity contribution in [2.45, 2.75) is 38.5 Å². The van der Waals surface area contributed by atoms with Crippen molar-refractivity contribution in [1.29, 1.82) is 0 Å². The zero-order chi connectivity index (χ0) is 13.4. The smallest absolute Gasteiger partial charge is 0.303 e. The highest BCUT2D eigenvalue weighted by Crippen LogP contribution is 2.14. The lowest BCUT2D eigenvalue weighted by Gasteiger charge is -2.11. The molecule has 0 saturated carbocycles. The second-order valence-corrected chi connectivity index (χ2v) is 5.10. The molecule has 1 unspecified atom stereocenters. The standard InChI is InChI=1S/C13H24N2O3/c1-15-9-7-11(10-15)13(18)14-8-5-3-2-4-6-12(16)17/h11H,2-10H2,1H3,(H,14,18)(H,16,17). The number of nitrogens with one attached hydrogen (secondary N) is 1. The van der Waals surface area contributed by atoms with Gasteiger partial charge in [0.15, 0.2) is 0 Å². The molecule has 1 rings (SSSR count). The lowest BCUT2D eigenvalue weighted by atomic mass is 10.1. The molecule has 0 aromatic rings. The molecule has 1 saturated heterocycles. The second kappa shape index (κ2) is 8.08. The average Bonchev–Trinajstić information content (AvgIpc) is 2.74. The van der Waals surface area contributed by atoms with Crippen LogP contribution in [0.2, 0.25) is 0 Å². The Morgan fingerprint density at radius 2 is 2.00 bits per heavy atom. The number of hydrogen-bond acceptors (Lipinski definition) is 3. The third-order valence-corrected chi connectivity index (χ3v) is 3.38. The number of likely N-dealkylation sites (tertiary alicyclic amines) is 1. The number of amides is 1. The van der Waals surface area contributed by atoms with E-state index in [0.717, 1.165) is 45.2 Å². The van der Waals surface area contributed by atoms with Crippen molar-refractivity contribution >= 4 is 11.9 Å². The van der Waals surface area contributed by atoms with Gasteiger partial charge in [0.2, 0.25) is 5.91 Å². The van der Waals surface area contributed by atoms with Crippen LogP contribution in [0.1, 0.15) is 38.5 Å². The minimum absolute atomic E-state index is 0.155. The Bertz CT molecular complexity index is 281. The molecule has 1 atom stereocenters. The molecule has 1 fully saturated rings. The fraction of sp³-hybridized carbons (Fsp3) is 0.846. The van der Waals surface area contributed by atoms with Crippen LogP contribution in [0.4, 0.5) is 0 Å². The van der Waals surface area contributed by atoms with Crippen LogP contribution in [0.15, 0.2) is 0 Å². The number of aliphatic carboxylic acids is 1. The third-order valence-electron chi connectivity index (χ3n) is 3.38. The van der Waals surface area contributed by atoms with Gasteiger partial charge in [0.1, 0.15) is 0 Å². The highest BCUT2D eigenvalue weighted by Gasteiger charge is 2.25. The first-order valence-electron chi connectivity index (χ1n) is 6.77. The molecule has 0 aromatic carbocycles. The lowest BCUT2D eigenvalue weighted by molar-refractivity contribution is -0.137. The molecule has 0 radical (unpaired) electrons. The Balaban J connectivity index is 1.94. The average molecular weight is 256 g/mol. The molecule has 18 heavy (non-hydrogen) atoms. The Labute approximate surface area is 109 Å². The molecule has 1 aliphatic heterocycles. The highest BCUT2D eigenvalue weighted by molar-refractivity contribution is 5.79. The summed E-state index contributed by atoms with van der Waals surface area (Å²) >= 11 is 0. The van der Waals surface area contributed by atoms with E-state index in [-0.39, 0.29) is 18.2 Å². The first kappa shape index (κ1) is 15.0. The van der Waals surface area contributed by atoms with Crippen LogP contribution in [0.3, 0.4) is 0 Å². The quantitative estimate of drug-likeness (QED) is 0.638. The number of unbranched alkanes of at least 4 members (excludes halogenated alkanes) is 3. The van der Waals surface area contributed by atoms with Gasteiger partial charge in [0.25, 0.3) is 0 Å². The van der Waals surface area contributed by atoms with Crippen LogP contribution in [-0.4, -0.2) is 48.6 Å². The summed E-state index contributed by atoms with van der Waals surface area (Å²) in [6, 6.07) is 0. The van der Waals surface area contributed by atoms with Crippen molar-refractivity contribution < 1.29 is 14.7 Å². The second-order valence-electron chi connectivity index (χ2n) is 5.10. The van der Waals surface area contributed by atoms with E-state index in [1.807, 2.05) is 7.05 Å². The minimum Gasteiger partial charge on any atom is -0.481 e. The maximum Gasteiger partial charge on any atom is 0.303 e. The topological polar surface area (TPSA) is 69.6 Å². The van der Waals surface area contributed by atoms with Crippen molar-refractivity contribution in [3.05, 3.63) is 0 Å². The SMILES string of the molecule is CN1CCC(C(=O)NCCCCCCC(=O)O)C1. The van der Waals surface area contributed by atoms with Gasteiger partial charge in [0.05, 0.1) is 5.92 Å². The maximum atomic E-state index is 11.8. The summed E-state index contributed by atoms with van der Waals surface area (Å²) in [5, 5.41) is 11.4. The molecule has 0 aromatic heterocycles. The molecule has 0 bridgehead atoms. The van der Waals surface area contributed by atoms with Crippen molar-refractivity contribution in [3.8, 4) is 0 Å². The summed E-state index contributed by atoms with van der Waals surface area (Å²) in [5.74, 6) is -0.402. The first-order valence-corrected chi connectivity index (χ1v) is 6.77. The van der Waals surface area contributed by atoms with Gasteiger partial charge in [-0.1, -0.05) is 12.8 Å². The van der Waals surface area contributed by atoms with Crippen LogP contribution in [0.5, 0.6) is 0 Å². The number of carbonyl (C=O) groups is 2. The predicted molar refractivity (Wildman–Crippen MR) is 69.3 cm³/mol. The molecule has 1 amide bonds. The van der Waals surface area contributed by atoms with Crippen LogP contribution >= 0.6 is 0 Å². The Morgan fingerprint density at radius 3 is 2.61 bits per heavy atom. The predicted octanol–water partition coefficient (Wildman–Crippen LogP) is 1.09. The highest BCUT2D eigenvalue weighted by atomic mass is 16.4.